The molecular weight excluding hydrogens is 485 g/mol. The molecule has 4 bridgehead atoms. The van der Waals surface area contributed by atoms with Gasteiger partial charge in [0.2, 0.25) is 5.91 Å². The van der Waals surface area contributed by atoms with Crippen LogP contribution in [0.15, 0.2) is 29.4 Å². The molecule has 0 radical (unpaired) electrons. The number of benzene rings is 1. The SMILES string of the molecule is CC(c1nnc(SCC(=O)NC(C)C23CC4CC(CC(C4)C2)C3)n1-c1ccc(F)cc1)N1CCCCC1. The summed E-state index contributed by atoms with van der Waals surface area (Å²) in [6, 6.07) is 6.78. The van der Waals surface area contributed by atoms with Gasteiger partial charge in [-0.3, -0.25) is 14.3 Å². The number of amides is 1. The molecule has 1 aliphatic heterocycles. The van der Waals surface area contributed by atoms with Gasteiger partial charge in [0.15, 0.2) is 11.0 Å². The standard InChI is InChI=1S/C29H40FN5OS/c1-19(34-10-4-3-5-11-34)27-32-33-28(35(27)25-8-6-24(30)7-9-25)37-18-26(36)31-20(2)29-15-21-12-22(16-29)14-23(13-21)17-29/h6-9,19-23H,3-5,10-18H2,1-2H3,(H,31,36). The summed E-state index contributed by atoms with van der Waals surface area (Å²) >= 11 is 1.42. The van der Waals surface area contributed by atoms with Crippen LogP contribution in [-0.2, 0) is 4.79 Å². The minimum absolute atomic E-state index is 0.0625. The molecule has 4 aliphatic carbocycles. The Morgan fingerprint density at radius 3 is 2.27 bits per heavy atom. The van der Waals surface area contributed by atoms with Crippen LogP contribution in [0.3, 0.4) is 0 Å². The third-order valence-electron chi connectivity index (χ3n) is 9.77. The number of nitrogens with one attached hydrogen (secondary N) is 1. The zero-order valence-corrected chi connectivity index (χ0v) is 23.0. The molecule has 200 valence electrons. The molecule has 7 rings (SSSR count). The molecule has 1 amide bonds. The van der Waals surface area contributed by atoms with Gasteiger partial charge in [0, 0.05) is 11.7 Å². The second kappa shape index (κ2) is 10.3. The van der Waals surface area contributed by atoms with Crippen molar-refractivity contribution < 1.29 is 9.18 Å². The van der Waals surface area contributed by atoms with E-state index in [9.17, 15) is 9.18 Å². The Morgan fingerprint density at radius 1 is 1.03 bits per heavy atom. The highest BCUT2D eigenvalue weighted by atomic mass is 32.2. The van der Waals surface area contributed by atoms with Crippen molar-refractivity contribution in [2.24, 2.45) is 23.2 Å². The molecule has 2 unspecified atom stereocenters. The first-order valence-corrected chi connectivity index (χ1v) is 15.3. The predicted molar refractivity (Wildman–Crippen MR) is 144 cm³/mol. The molecule has 1 N–H and O–H groups in total. The third-order valence-corrected chi connectivity index (χ3v) is 10.7. The molecule has 4 saturated carbocycles. The Hall–Kier alpha value is -1.93. The summed E-state index contributed by atoms with van der Waals surface area (Å²) in [5.74, 6) is 3.55. The molecule has 2 aromatic rings. The fourth-order valence-corrected chi connectivity index (χ4v) is 8.99. The Morgan fingerprint density at radius 2 is 1.65 bits per heavy atom. The Bertz CT molecular complexity index is 1080. The lowest BCUT2D eigenvalue weighted by Gasteiger charge is -2.59. The normalized spacial score (nSPS) is 30.8. The number of piperidine rings is 1. The summed E-state index contributed by atoms with van der Waals surface area (Å²) < 4.78 is 15.7. The average Bonchev–Trinajstić information content (AvgIpc) is 3.31. The summed E-state index contributed by atoms with van der Waals surface area (Å²) in [4.78, 5) is 15.6. The maximum atomic E-state index is 13.7. The molecule has 1 aromatic carbocycles. The predicted octanol–water partition coefficient (Wildman–Crippen LogP) is 5.77. The summed E-state index contributed by atoms with van der Waals surface area (Å²) in [6.07, 6.45) is 11.7. The van der Waals surface area contributed by atoms with Crippen molar-refractivity contribution in [3.63, 3.8) is 0 Å². The van der Waals surface area contributed by atoms with Crippen molar-refractivity contribution >= 4 is 17.7 Å². The van der Waals surface area contributed by atoms with E-state index >= 15 is 0 Å². The zero-order valence-electron chi connectivity index (χ0n) is 22.2. The van der Waals surface area contributed by atoms with E-state index < -0.39 is 0 Å². The first-order valence-electron chi connectivity index (χ1n) is 14.3. The number of aromatic nitrogens is 3. The summed E-state index contributed by atoms with van der Waals surface area (Å²) in [5.41, 5.74) is 1.12. The van der Waals surface area contributed by atoms with E-state index in [0.717, 1.165) is 42.4 Å². The van der Waals surface area contributed by atoms with E-state index in [1.54, 1.807) is 12.1 Å². The van der Waals surface area contributed by atoms with E-state index in [2.05, 4.69) is 34.3 Å². The number of rotatable bonds is 8. The number of nitrogens with zero attached hydrogens (tertiary/aromatic N) is 4. The highest BCUT2D eigenvalue weighted by molar-refractivity contribution is 7.99. The van der Waals surface area contributed by atoms with Gasteiger partial charge in [-0.25, -0.2) is 4.39 Å². The fourth-order valence-electron chi connectivity index (χ4n) is 8.22. The lowest BCUT2D eigenvalue weighted by atomic mass is 9.48. The first kappa shape index (κ1) is 25.4. The minimum atomic E-state index is -0.269. The van der Waals surface area contributed by atoms with Gasteiger partial charge < -0.3 is 5.32 Å². The van der Waals surface area contributed by atoms with E-state index in [0.29, 0.717) is 16.3 Å². The molecule has 6 nitrogen and oxygen atoms in total. The highest BCUT2D eigenvalue weighted by Gasteiger charge is 2.53. The topological polar surface area (TPSA) is 63.1 Å². The Kier molecular flexibility index (Phi) is 7.08. The number of thioether (sulfide) groups is 1. The second-order valence-corrected chi connectivity index (χ2v) is 13.2. The van der Waals surface area contributed by atoms with E-state index in [1.807, 2.05) is 4.57 Å². The number of halogens is 1. The molecule has 1 aromatic heterocycles. The minimum Gasteiger partial charge on any atom is -0.352 e. The van der Waals surface area contributed by atoms with Crippen LogP contribution in [0.1, 0.15) is 83.5 Å². The molecule has 5 fully saturated rings. The number of hydrogen-bond acceptors (Lipinski definition) is 5. The van der Waals surface area contributed by atoms with E-state index in [4.69, 9.17) is 0 Å². The summed E-state index contributed by atoms with van der Waals surface area (Å²) in [5, 5.41) is 13.2. The van der Waals surface area contributed by atoms with Crippen molar-refractivity contribution in [3.05, 3.63) is 35.9 Å². The van der Waals surface area contributed by atoms with Gasteiger partial charge in [0.25, 0.3) is 0 Å². The van der Waals surface area contributed by atoms with Crippen molar-refractivity contribution in [2.45, 2.75) is 88.9 Å². The van der Waals surface area contributed by atoms with Gasteiger partial charge in [-0.05, 0) is 126 Å². The summed E-state index contributed by atoms with van der Waals surface area (Å²) in [7, 11) is 0. The monoisotopic (exact) mass is 525 g/mol. The van der Waals surface area contributed by atoms with Gasteiger partial charge >= 0.3 is 0 Å². The maximum absolute atomic E-state index is 13.7. The van der Waals surface area contributed by atoms with Crippen molar-refractivity contribution in [3.8, 4) is 5.69 Å². The fraction of sp³-hybridized carbons (Fsp3) is 0.690. The van der Waals surface area contributed by atoms with Crippen molar-refractivity contribution in [2.75, 3.05) is 18.8 Å². The molecule has 8 heteroatoms. The van der Waals surface area contributed by atoms with Crippen LogP contribution >= 0.6 is 11.8 Å². The first-order chi connectivity index (χ1) is 17.9. The van der Waals surface area contributed by atoms with Crippen LogP contribution in [0.25, 0.3) is 5.69 Å². The molecule has 2 atom stereocenters. The van der Waals surface area contributed by atoms with Crippen LogP contribution < -0.4 is 5.32 Å². The van der Waals surface area contributed by atoms with Gasteiger partial charge in [-0.1, -0.05) is 18.2 Å². The quantitative estimate of drug-likeness (QED) is 0.444. The van der Waals surface area contributed by atoms with Crippen LogP contribution in [-0.4, -0.2) is 50.5 Å². The van der Waals surface area contributed by atoms with Crippen LogP contribution in [0.2, 0.25) is 0 Å². The zero-order chi connectivity index (χ0) is 25.6. The molecule has 2 heterocycles. The van der Waals surface area contributed by atoms with E-state index in [1.165, 1.54) is 81.7 Å². The van der Waals surface area contributed by atoms with Gasteiger partial charge in [0.1, 0.15) is 5.82 Å². The number of hydrogen-bond donors (Lipinski definition) is 1. The van der Waals surface area contributed by atoms with Gasteiger partial charge in [0.05, 0.1) is 11.8 Å². The van der Waals surface area contributed by atoms with Crippen LogP contribution in [0.5, 0.6) is 0 Å². The molecule has 5 aliphatic rings. The maximum Gasteiger partial charge on any atom is 0.230 e. The largest absolute Gasteiger partial charge is 0.352 e. The summed E-state index contributed by atoms with van der Waals surface area (Å²) in [6.45, 7) is 6.49. The number of carbonyl (C=O) groups is 1. The van der Waals surface area contributed by atoms with E-state index in [-0.39, 0.29) is 23.8 Å². The van der Waals surface area contributed by atoms with Crippen molar-refractivity contribution in [1.82, 2.24) is 25.0 Å². The number of carbonyl (C=O) groups excluding carboxylic acids is 1. The highest BCUT2D eigenvalue weighted by Crippen LogP contribution is 2.61. The molecular formula is C29H40FN5OS. The molecule has 1 saturated heterocycles. The Balaban J connectivity index is 1.16. The Labute approximate surface area is 224 Å². The number of likely N-dealkylation sites (tertiary alicyclic amines) is 1. The van der Waals surface area contributed by atoms with Crippen LogP contribution in [0.4, 0.5) is 4.39 Å². The van der Waals surface area contributed by atoms with Gasteiger partial charge in [-0.15, -0.1) is 10.2 Å². The molecule has 0 spiro atoms. The molecule has 37 heavy (non-hydrogen) atoms. The average molecular weight is 526 g/mol. The van der Waals surface area contributed by atoms with Crippen LogP contribution in [0, 0.1) is 29.0 Å². The smallest absolute Gasteiger partial charge is 0.230 e. The second-order valence-electron chi connectivity index (χ2n) is 12.3. The lowest BCUT2D eigenvalue weighted by Crippen LogP contribution is -2.56. The van der Waals surface area contributed by atoms with Gasteiger partial charge in [-0.2, -0.15) is 0 Å². The third kappa shape index (κ3) is 5.08. The lowest BCUT2D eigenvalue weighted by molar-refractivity contribution is -0.123. The van der Waals surface area contributed by atoms with Crippen molar-refractivity contribution in [1.29, 1.82) is 0 Å².